The van der Waals surface area contributed by atoms with Crippen LogP contribution in [-0.4, -0.2) is 44.9 Å². The van der Waals surface area contributed by atoms with Gasteiger partial charge in [-0.3, -0.25) is 4.31 Å². The number of hydrogen-bond acceptors (Lipinski definition) is 8. The lowest BCUT2D eigenvalue weighted by atomic mass is 10.0. The van der Waals surface area contributed by atoms with E-state index < -0.39 is 34.0 Å². The molecule has 0 fully saturated rings. The monoisotopic (exact) mass is 463 g/mol. The average molecular weight is 463 g/mol. The minimum atomic E-state index is -3.69. The Kier molecular flexibility index (Phi) is 5.34. The molecule has 0 saturated heterocycles. The zero-order chi connectivity index (χ0) is 23.2. The molecule has 10 nitrogen and oxygen atoms in total. The maximum absolute atomic E-state index is 13.4. The predicted octanol–water partition coefficient (Wildman–Crippen LogP) is 2.73. The SMILES string of the molecule is CC1OCCN(S(C)(=O)=O)c2nc3oc(-c4ccc(F)cc4)c(C(=O)OC(N)=O)c3cc21. The highest BCUT2D eigenvalue weighted by atomic mass is 32.2. The second kappa shape index (κ2) is 7.88. The molecule has 3 aromatic rings. The van der Waals surface area contributed by atoms with Crippen molar-refractivity contribution in [3.8, 4) is 11.3 Å². The minimum absolute atomic E-state index is 0.0385. The fourth-order valence-electron chi connectivity index (χ4n) is 3.51. The third-order valence-electron chi connectivity index (χ3n) is 4.93. The minimum Gasteiger partial charge on any atom is -0.437 e. The molecular formula is C20H18FN3O7S. The first kappa shape index (κ1) is 21.7. The van der Waals surface area contributed by atoms with Crippen LogP contribution < -0.4 is 10.0 Å². The Morgan fingerprint density at radius 2 is 1.97 bits per heavy atom. The van der Waals surface area contributed by atoms with Gasteiger partial charge >= 0.3 is 12.1 Å². The van der Waals surface area contributed by atoms with Gasteiger partial charge in [-0.2, -0.15) is 4.98 Å². The van der Waals surface area contributed by atoms with Crippen molar-refractivity contribution in [3.05, 3.63) is 47.3 Å². The molecule has 2 aromatic heterocycles. The van der Waals surface area contributed by atoms with Crippen LogP contribution in [0.5, 0.6) is 0 Å². The van der Waals surface area contributed by atoms with Crippen molar-refractivity contribution in [1.29, 1.82) is 0 Å². The molecule has 0 aliphatic carbocycles. The van der Waals surface area contributed by atoms with Gasteiger partial charge in [-0.05, 0) is 37.3 Å². The van der Waals surface area contributed by atoms with Crippen LogP contribution in [0.25, 0.3) is 22.4 Å². The van der Waals surface area contributed by atoms with Crippen LogP contribution in [0.1, 0.15) is 28.9 Å². The highest BCUT2D eigenvalue weighted by Gasteiger charge is 2.32. The number of primary amides is 1. The lowest BCUT2D eigenvalue weighted by molar-refractivity contribution is 0.0640. The summed E-state index contributed by atoms with van der Waals surface area (Å²) in [5, 5.41) is 0.153. The smallest absolute Gasteiger partial charge is 0.412 e. The number of carbonyl (C=O) groups is 2. The van der Waals surface area contributed by atoms with Crippen molar-refractivity contribution in [2.24, 2.45) is 5.73 Å². The van der Waals surface area contributed by atoms with Gasteiger partial charge in [-0.1, -0.05) is 0 Å². The molecule has 0 spiro atoms. The Morgan fingerprint density at radius 1 is 1.28 bits per heavy atom. The summed E-state index contributed by atoms with van der Waals surface area (Å²) >= 11 is 0. The van der Waals surface area contributed by atoms with Crippen LogP contribution in [0.4, 0.5) is 15.0 Å². The number of nitrogens with two attached hydrogens (primary N) is 1. The Labute approximate surface area is 181 Å². The summed E-state index contributed by atoms with van der Waals surface area (Å²) in [7, 11) is -3.69. The van der Waals surface area contributed by atoms with Gasteiger partial charge in [-0.25, -0.2) is 22.4 Å². The van der Waals surface area contributed by atoms with Crippen LogP contribution in [0.15, 0.2) is 34.7 Å². The fourth-order valence-corrected chi connectivity index (χ4v) is 4.38. The molecule has 0 bridgehead atoms. The molecule has 12 heteroatoms. The Hall–Kier alpha value is -3.51. The summed E-state index contributed by atoms with van der Waals surface area (Å²) in [5.74, 6) is -1.55. The van der Waals surface area contributed by atoms with E-state index in [9.17, 15) is 22.4 Å². The number of sulfonamides is 1. The molecule has 0 saturated carbocycles. The van der Waals surface area contributed by atoms with Crippen LogP contribution in [0.2, 0.25) is 0 Å². The van der Waals surface area contributed by atoms with E-state index in [0.29, 0.717) is 11.1 Å². The second-order valence-electron chi connectivity index (χ2n) is 7.12. The molecule has 1 unspecified atom stereocenters. The lowest BCUT2D eigenvalue weighted by Crippen LogP contribution is -2.32. The molecule has 3 heterocycles. The highest BCUT2D eigenvalue weighted by Crippen LogP contribution is 2.39. The number of aromatic nitrogens is 1. The summed E-state index contributed by atoms with van der Waals surface area (Å²) in [6.45, 7) is 1.88. The number of carbonyl (C=O) groups excluding carboxylic acids is 2. The molecule has 1 amide bonds. The van der Waals surface area contributed by atoms with Crippen LogP contribution in [0, 0.1) is 5.82 Å². The maximum atomic E-state index is 13.4. The summed E-state index contributed by atoms with van der Waals surface area (Å²) in [4.78, 5) is 28.3. The van der Waals surface area contributed by atoms with Crippen LogP contribution in [0.3, 0.4) is 0 Å². The number of halogens is 1. The number of nitrogens with zero attached hydrogens (tertiary/aromatic N) is 2. The number of fused-ring (bicyclic) bond motifs is 2. The zero-order valence-electron chi connectivity index (χ0n) is 17.0. The van der Waals surface area contributed by atoms with Gasteiger partial charge in [0, 0.05) is 11.1 Å². The molecule has 2 N–H and O–H groups in total. The Morgan fingerprint density at radius 3 is 2.59 bits per heavy atom. The topological polar surface area (TPSA) is 142 Å². The van der Waals surface area contributed by atoms with E-state index in [4.69, 9.17) is 14.9 Å². The fraction of sp³-hybridized carbons (Fsp3) is 0.250. The number of benzene rings is 1. The van der Waals surface area contributed by atoms with Crippen molar-refractivity contribution in [3.63, 3.8) is 0 Å². The summed E-state index contributed by atoms with van der Waals surface area (Å²) in [6.07, 6.45) is -0.838. The number of anilines is 1. The maximum Gasteiger partial charge on any atom is 0.412 e. The van der Waals surface area contributed by atoms with Gasteiger partial charge in [0.25, 0.3) is 0 Å². The molecule has 1 aromatic carbocycles. The first-order chi connectivity index (χ1) is 15.1. The van der Waals surface area contributed by atoms with Crippen molar-refractivity contribution in [1.82, 2.24) is 4.98 Å². The molecular weight excluding hydrogens is 445 g/mol. The van der Waals surface area contributed by atoms with Gasteiger partial charge in [0.2, 0.25) is 15.7 Å². The third-order valence-corrected chi connectivity index (χ3v) is 6.09. The number of furan rings is 1. The number of ether oxygens (including phenoxy) is 2. The van der Waals surface area contributed by atoms with E-state index in [0.717, 1.165) is 22.7 Å². The number of pyridine rings is 1. The third kappa shape index (κ3) is 3.89. The van der Waals surface area contributed by atoms with E-state index in [1.54, 1.807) is 6.92 Å². The number of hydrogen-bond donors (Lipinski definition) is 1. The molecule has 1 atom stereocenters. The quantitative estimate of drug-likeness (QED) is 0.461. The molecule has 1 aliphatic heterocycles. The highest BCUT2D eigenvalue weighted by molar-refractivity contribution is 7.92. The number of rotatable bonds is 3. The predicted molar refractivity (Wildman–Crippen MR) is 111 cm³/mol. The molecule has 0 radical (unpaired) electrons. The van der Waals surface area contributed by atoms with E-state index in [1.807, 2.05) is 0 Å². The summed E-state index contributed by atoms with van der Waals surface area (Å²) in [6, 6.07) is 6.56. The van der Waals surface area contributed by atoms with E-state index in [-0.39, 0.29) is 41.4 Å². The van der Waals surface area contributed by atoms with Gasteiger partial charge in [-0.15, -0.1) is 0 Å². The van der Waals surface area contributed by atoms with Crippen molar-refractivity contribution < 1.29 is 36.3 Å². The van der Waals surface area contributed by atoms with Gasteiger partial charge in [0.15, 0.2) is 11.6 Å². The number of amides is 1. The summed E-state index contributed by atoms with van der Waals surface area (Å²) in [5.41, 5.74) is 5.45. The van der Waals surface area contributed by atoms with Crippen molar-refractivity contribution >= 4 is 39.0 Å². The van der Waals surface area contributed by atoms with E-state index in [1.165, 1.54) is 18.2 Å². The van der Waals surface area contributed by atoms with E-state index >= 15 is 0 Å². The Bertz CT molecular complexity index is 1340. The largest absolute Gasteiger partial charge is 0.437 e. The average Bonchev–Trinajstić information content (AvgIpc) is 2.99. The molecule has 4 rings (SSSR count). The van der Waals surface area contributed by atoms with Crippen LogP contribution in [-0.2, 0) is 19.5 Å². The zero-order valence-corrected chi connectivity index (χ0v) is 17.8. The first-order valence-electron chi connectivity index (χ1n) is 9.40. The van der Waals surface area contributed by atoms with Gasteiger partial charge < -0.3 is 19.6 Å². The number of esters is 1. The lowest BCUT2D eigenvalue weighted by Gasteiger charge is -2.20. The van der Waals surface area contributed by atoms with Gasteiger partial charge in [0.1, 0.15) is 11.4 Å². The molecule has 1 aliphatic rings. The standard InChI is InChI=1S/C20H18FN3O7S/c1-10-13-9-14-15(19(25)31-20(22)26)16(11-3-5-12(21)6-4-11)30-18(14)23-17(13)24(7-8-29-10)32(2,27)28/h3-6,9-10H,7-8H2,1-2H3,(H2,22,26). The van der Waals surface area contributed by atoms with Crippen molar-refractivity contribution in [2.45, 2.75) is 13.0 Å². The molecule has 168 valence electrons. The first-order valence-corrected chi connectivity index (χ1v) is 11.3. The summed E-state index contributed by atoms with van der Waals surface area (Å²) < 4.78 is 55.2. The van der Waals surface area contributed by atoms with Crippen molar-refractivity contribution in [2.75, 3.05) is 23.7 Å². The van der Waals surface area contributed by atoms with Gasteiger partial charge in [0.05, 0.1) is 30.9 Å². The van der Waals surface area contributed by atoms with Crippen LogP contribution >= 0.6 is 0 Å². The normalized spacial score (nSPS) is 16.5. The molecule has 32 heavy (non-hydrogen) atoms. The second-order valence-corrected chi connectivity index (χ2v) is 9.03. The Balaban J connectivity index is 2.02. The van der Waals surface area contributed by atoms with E-state index in [2.05, 4.69) is 9.72 Å².